The second kappa shape index (κ2) is 8.17. The first-order valence-electron chi connectivity index (χ1n) is 9.38. The lowest BCUT2D eigenvalue weighted by Crippen LogP contribution is -2.39. The zero-order valence-electron chi connectivity index (χ0n) is 15.4. The van der Waals surface area contributed by atoms with Crippen LogP contribution in [0.15, 0.2) is 67.0 Å². The Morgan fingerprint density at radius 1 is 0.964 bits per heavy atom. The Morgan fingerprint density at radius 2 is 1.68 bits per heavy atom. The normalized spacial score (nSPS) is 14.7. The van der Waals surface area contributed by atoms with Gasteiger partial charge in [-0.3, -0.25) is 4.79 Å². The van der Waals surface area contributed by atoms with E-state index in [4.69, 9.17) is 0 Å². The standard InChI is InChI=1S/C22H21FN4O/c23-19-7-4-8-20(13-19)26-21(28)17-9-11-27(12-10-17)22-24-14-18(15-25-22)16-5-2-1-3-6-16/h1-8,13-15,17H,9-12H2,(H,26,28). The summed E-state index contributed by atoms with van der Waals surface area (Å²) in [6.07, 6.45) is 5.09. The van der Waals surface area contributed by atoms with Crippen LogP contribution in [0.4, 0.5) is 16.0 Å². The van der Waals surface area contributed by atoms with E-state index in [-0.39, 0.29) is 17.6 Å². The van der Waals surface area contributed by atoms with Crippen molar-refractivity contribution in [3.05, 3.63) is 72.8 Å². The average Bonchev–Trinajstić information content (AvgIpc) is 2.75. The molecule has 1 saturated heterocycles. The van der Waals surface area contributed by atoms with E-state index in [1.165, 1.54) is 12.1 Å². The van der Waals surface area contributed by atoms with Crippen LogP contribution in [0.25, 0.3) is 11.1 Å². The summed E-state index contributed by atoms with van der Waals surface area (Å²) in [6, 6.07) is 16.0. The summed E-state index contributed by atoms with van der Waals surface area (Å²) < 4.78 is 13.3. The monoisotopic (exact) mass is 376 g/mol. The Balaban J connectivity index is 1.34. The van der Waals surface area contributed by atoms with Crippen molar-refractivity contribution >= 4 is 17.5 Å². The lowest BCUT2D eigenvalue weighted by atomic mass is 9.96. The number of hydrogen-bond acceptors (Lipinski definition) is 4. The van der Waals surface area contributed by atoms with Crippen molar-refractivity contribution in [2.24, 2.45) is 5.92 Å². The molecule has 1 aliphatic heterocycles. The van der Waals surface area contributed by atoms with Gasteiger partial charge < -0.3 is 10.2 Å². The number of piperidine rings is 1. The number of rotatable bonds is 4. The average molecular weight is 376 g/mol. The number of carbonyl (C=O) groups is 1. The third-order valence-electron chi connectivity index (χ3n) is 4.99. The summed E-state index contributed by atoms with van der Waals surface area (Å²) in [7, 11) is 0. The van der Waals surface area contributed by atoms with Crippen LogP contribution in [0.2, 0.25) is 0 Å². The molecule has 1 N–H and O–H groups in total. The molecule has 1 aliphatic rings. The number of carbonyl (C=O) groups excluding carboxylic acids is 1. The first-order chi connectivity index (χ1) is 13.7. The second-order valence-electron chi connectivity index (χ2n) is 6.90. The Labute approximate surface area is 163 Å². The maximum absolute atomic E-state index is 13.3. The van der Waals surface area contributed by atoms with E-state index in [1.807, 2.05) is 42.7 Å². The summed E-state index contributed by atoms with van der Waals surface area (Å²) in [5.74, 6) is 0.168. The number of anilines is 2. The van der Waals surface area contributed by atoms with Gasteiger partial charge in [-0.1, -0.05) is 36.4 Å². The number of hydrogen-bond donors (Lipinski definition) is 1. The van der Waals surface area contributed by atoms with Crippen LogP contribution in [0, 0.1) is 11.7 Å². The fourth-order valence-corrected chi connectivity index (χ4v) is 3.42. The predicted octanol–water partition coefficient (Wildman–Crippen LogP) is 4.14. The molecule has 142 valence electrons. The Bertz CT molecular complexity index is 938. The highest BCUT2D eigenvalue weighted by atomic mass is 19.1. The molecule has 1 fully saturated rings. The van der Waals surface area contributed by atoms with E-state index in [0.29, 0.717) is 37.6 Å². The smallest absolute Gasteiger partial charge is 0.227 e. The molecule has 0 radical (unpaired) electrons. The highest BCUT2D eigenvalue weighted by Crippen LogP contribution is 2.24. The third kappa shape index (κ3) is 4.17. The molecule has 0 atom stereocenters. The van der Waals surface area contributed by atoms with Crippen LogP contribution in [0.5, 0.6) is 0 Å². The molecule has 2 aromatic carbocycles. The van der Waals surface area contributed by atoms with Crippen LogP contribution < -0.4 is 10.2 Å². The van der Waals surface area contributed by atoms with Gasteiger partial charge in [0.05, 0.1) is 0 Å². The molecule has 5 nitrogen and oxygen atoms in total. The number of nitrogens with one attached hydrogen (secondary N) is 1. The molecule has 28 heavy (non-hydrogen) atoms. The van der Waals surface area contributed by atoms with E-state index >= 15 is 0 Å². The SMILES string of the molecule is O=C(Nc1cccc(F)c1)C1CCN(c2ncc(-c3ccccc3)cn2)CC1. The van der Waals surface area contributed by atoms with Gasteiger partial charge in [-0.15, -0.1) is 0 Å². The minimum atomic E-state index is -0.358. The first-order valence-corrected chi connectivity index (χ1v) is 9.38. The van der Waals surface area contributed by atoms with Crippen LogP contribution in [0.3, 0.4) is 0 Å². The van der Waals surface area contributed by atoms with Gasteiger partial charge in [0, 0.05) is 42.7 Å². The largest absolute Gasteiger partial charge is 0.341 e. The quantitative estimate of drug-likeness (QED) is 0.744. The maximum Gasteiger partial charge on any atom is 0.227 e. The van der Waals surface area contributed by atoms with Gasteiger partial charge in [-0.2, -0.15) is 0 Å². The van der Waals surface area contributed by atoms with Gasteiger partial charge in [0.15, 0.2) is 0 Å². The summed E-state index contributed by atoms with van der Waals surface area (Å²) in [4.78, 5) is 23.5. The molecule has 2 heterocycles. The number of benzene rings is 2. The molecule has 0 unspecified atom stereocenters. The molecule has 0 bridgehead atoms. The molecule has 6 heteroatoms. The molecule has 0 saturated carbocycles. The van der Waals surface area contributed by atoms with Crippen molar-refractivity contribution in [3.63, 3.8) is 0 Å². The highest BCUT2D eigenvalue weighted by Gasteiger charge is 2.26. The summed E-state index contributed by atoms with van der Waals surface area (Å²) in [6.45, 7) is 1.43. The summed E-state index contributed by atoms with van der Waals surface area (Å²) in [5.41, 5.74) is 2.56. The minimum absolute atomic E-state index is 0.0643. The maximum atomic E-state index is 13.3. The number of nitrogens with zero attached hydrogens (tertiary/aromatic N) is 3. The minimum Gasteiger partial charge on any atom is -0.341 e. The fourth-order valence-electron chi connectivity index (χ4n) is 3.42. The highest BCUT2D eigenvalue weighted by molar-refractivity contribution is 5.92. The number of aromatic nitrogens is 2. The molecular formula is C22H21FN4O. The lowest BCUT2D eigenvalue weighted by Gasteiger charge is -2.31. The molecule has 4 rings (SSSR count). The van der Waals surface area contributed by atoms with Crippen molar-refractivity contribution in [3.8, 4) is 11.1 Å². The zero-order chi connectivity index (χ0) is 19.3. The number of halogens is 1. The van der Waals surface area contributed by atoms with Gasteiger partial charge >= 0.3 is 0 Å². The van der Waals surface area contributed by atoms with Gasteiger partial charge in [-0.05, 0) is 36.6 Å². The summed E-state index contributed by atoms with van der Waals surface area (Å²) >= 11 is 0. The third-order valence-corrected chi connectivity index (χ3v) is 4.99. The van der Waals surface area contributed by atoms with E-state index in [2.05, 4.69) is 20.2 Å². The fraction of sp³-hybridized carbons (Fsp3) is 0.227. The molecule has 0 spiro atoms. The van der Waals surface area contributed by atoms with Crippen molar-refractivity contribution in [2.75, 3.05) is 23.3 Å². The Hall–Kier alpha value is -3.28. The van der Waals surface area contributed by atoms with Gasteiger partial charge in [0.1, 0.15) is 5.82 Å². The first kappa shape index (κ1) is 18.1. The molecule has 0 aliphatic carbocycles. The van der Waals surface area contributed by atoms with E-state index in [1.54, 1.807) is 12.1 Å². The van der Waals surface area contributed by atoms with Crippen LogP contribution in [0.1, 0.15) is 12.8 Å². The zero-order valence-corrected chi connectivity index (χ0v) is 15.4. The van der Waals surface area contributed by atoms with Gasteiger partial charge in [0.25, 0.3) is 0 Å². The molecule has 3 aromatic rings. The predicted molar refractivity (Wildman–Crippen MR) is 107 cm³/mol. The second-order valence-corrected chi connectivity index (χ2v) is 6.90. The lowest BCUT2D eigenvalue weighted by molar-refractivity contribution is -0.120. The van der Waals surface area contributed by atoms with Crippen molar-refractivity contribution < 1.29 is 9.18 Å². The van der Waals surface area contributed by atoms with E-state index in [0.717, 1.165) is 11.1 Å². The van der Waals surface area contributed by atoms with E-state index in [9.17, 15) is 9.18 Å². The van der Waals surface area contributed by atoms with E-state index < -0.39 is 0 Å². The van der Waals surface area contributed by atoms with Crippen LogP contribution >= 0.6 is 0 Å². The Kier molecular flexibility index (Phi) is 5.28. The topological polar surface area (TPSA) is 58.1 Å². The van der Waals surface area contributed by atoms with Gasteiger partial charge in [0.2, 0.25) is 11.9 Å². The molecule has 1 amide bonds. The molecular weight excluding hydrogens is 355 g/mol. The van der Waals surface area contributed by atoms with Crippen LogP contribution in [-0.4, -0.2) is 29.0 Å². The van der Waals surface area contributed by atoms with Crippen molar-refractivity contribution in [1.82, 2.24) is 9.97 Å². The summed E-state index contributed by atoms with van der Waals surface area (Å²) in [5, 5.41) is 2.80. The van der Waals surface area contributed by atoms with Gasteiger partial charge in [-0.25, -0.2) is 14.4 Å². The van der Waals surface area contributed by atoms with Crippen LogP contribution in [-0.2, 0) is 4.79 Å². The van der Waals surface area contributed by atoms with Crippen molar-refractivity contribution in [2.45, 2.75) is 12.8 Å². The Morgan fingerprint density at radius 3 is 2.36 bits per heavy atom. The number of amides is 1. The molecule has 1 aromatic heterocycles. The van der Waals surface area contributed by atoms with Crippen molar-refractivity contribution in [1.29, 1.82) is 0 Å².